The maximum absolute atomic E-state index is 12.6. The molecule has 2 atom stereocenters. The maximum Gasteiger partial charge on any atom is 0.276 e. The van der Waals surface area contributed by atoms with Gasteiger partial charge in [0.1, 0.15) is 5.76 Å². The molecule has 24 heavy (non-hydrogen) atoms. The molecule has 0 unspecified atom stereocenters. The van der Waals surface area contributed by atoms with Crippen LogP contribution in [0.1, 0.15) is 28.2 Å². The van der Waals surface area contributed by atoms with Crippen LogP contribution in [0.3, 0.4) is 0 Å². The molecule has 0 spiro atoms. The molecule has 2 heterocycles. The number of likely N-dealkylation sites (tertiary alicyclic amines) is 1. The molecule has 1 fully saturated rings. The fourth-order valence-corrected chi connectivity index (χ4v) is 3.61. The van der Waals surface area contributed by atoms with Gasteiger partial charge in [0, 0.05) is 13.1 Å². The summed E-state index contributed by atoms with van der Waals surface area (Å²) in [6.45, 7) is 2.53. The summed E-state index contributed by atoms with van der Waals surface area (Å²) in [5, 5.41) is 11.0. The van der Waals surface area contributed by atoms with Crippen LogP contribution in [0.2, 0.25) is 0 Å². The first-order valence-corrected chi connectivity index (χ1v) is 8.07. The van der Waals surface area contributed by atoms with E-state index in [4.69, 9.17) is 4.42 Å². The number of carbonyl (C=O) groups is 1. The van der Waals surface area contributed by atoms with E-state index >= 15 is 0 Å². The topological polar surface area (TPSA) is 69.8 Å². The molecule has 2 aromatic rings. The number of nitrogens with zero attached hydrogens (tertiary/aromatic N) is 3. The lowest BCUT2D eigenvalue weighted by Crippen LogP contribution is -2.60. The lowest BCUT2D eigenvalue weighted by Gasteiger charge is -2.49. The third-order valence-electron chi connectivity index (χ3n) is 5.01. The molecule has 6 heteroatoms. The van der Waals surface area contributed by atoms with Gasteiger partial charge in [-0.15, -0.1) is 0 Å². The molecule has 128 valence electrons. The number of rotatable bonds is 3. The molecule has 6 nitrogen and oxygen atoms in total. The summed E-state index contributed by atoms with van der Waals surface area (Å²) >= 11 is 0. The number of aliphatic hydroxyl groups excluding tert-OH is 1. The Labute approximate surface area is 141 Å². The van der Waals surface area contributed by atoms with Gasteiger partial charge in [0.25, 0.3) is 5.91 Å². The molecule has 1 saturated heterocycles. The van der Waals surface area contributed by atoms with Crippen LogP contribution in [-0.2, 0) is 5.54 Å². The molecule has 0 radical (unpaired) electrons. The number of aromatic nitrogens is 1. The highest BCUT2D eigenvalue weighted by molar-refractivity contribution is 5.93. The second-order valence-electron chi connectivity index (χ2n) is 6.46. The Morgan fingerprint density at radius 2 is 2.08 bits per heavy atom. The van der Waals surface area contributed by atoms with Gasteiger partial charge in [0.2, 0.25) is 0 Å². The minimum atomic E-state index is -0.695. The molecule has 1 aliphatic heterocycles. The Morgan fingerprint density at radius 3 is 2.62 bits per heavy atom. The van der Waals surface area contributed by atoms with Gasteiger partial charge in [-0.05, 0) is 33.0 Å². The predicted octanol–water partition coefficient (Wildman–Crippen LogP) is 1.65. The number of aryl methyl sites for hydroxylation is 1. The largest absolute Gasteiger partial charge is 0.448 e. The number of hydrogen-bond acceptors (Lipinski definition) is 5. The van der Waals surface area contributed by atoms with Crippen molar-refractivity contribution in [3.63, 3.8) is 0 Å². The van der Waals surface area contributed by atoms with Crippen LogP contribution in [0.15, 0.2) is 41.1 Å². The smallest absolute Gasteiger partial charge is 0.276 e. The second kappa shape index (κ2) is 6.37. The fraction of sp³-hybridized carbons (Fsp3) is 0.444. The Bertz CT molecular complexity index is 713. The van der Waals surface area contributed by atoms with Gasteiger partial charge < -0.3 is 14.4 Å². The molecule has 0 saturated carbocycles. The molecular weight excluding hydrogens is 306 g/mol. The zero-order valence-corrected chi connectivity index (χ0v) is 14.3. The molecule has 3 rings (SSSR count). The number of carbonyl (C=O) groups excluding carboxylic acids is 1. The lowest BCUT2D eigenvalue weighted by molar-refractivity contribution is -0.0613. The highest BCUT2D eigenvalue weighted by atomic mass is 16.3. The van der Waals surface area contributed by atoms with E-state index in [1.807, 2.05) is 44.4 Å². The minimum absolute atomic E-state index is 0.194. The van der Waals surface area contributed by atoms with Crippen molar-refractivity contribution in [3.05, 3.63) is 53.7 Å². The van der Waals surface area contributed by atoms with Crippen molar-refractivity contribution in [2.75, 3.05) is 27.2 Å². The maximum atomic E-state index is 12.6. The van der Waals surface area contributed by atoms with E-state index in [1.54, 1.807) is 11.8 Å². The van der Waals surface area contributed by atoms with Gasteiger partial charge >= 0.3 is 0 Å². The van der Waals surface area contributed by atoms with Crippen LogP contribution in [0.4, 0.5) is 0 Å². The van der Waals surface area contributed by atoms with Crippen molar-refractivity contribution in [3.8, 4) is 0 Å². The summed E-state index contributed by atoms with van der Waals surface area (Å²) < 4.78 is 5.12. The fourth-order valence-electron chi connectivity index (χ4n) is 3.61. The number of β-amino-alcohol motifs (C(OH)–C–C–N with tert-alkyl or cyclic N) is 1. The van der Waals surface area contributed by atoms with E-state index in [9.17, 15) is 9.90 Å². The van der Waals surface area contributed by atoms with Crippen molar-refractivity contribution in [2.24, 2.45) is 0 Å². The second-order valence-corrected chi connectivity index (χ2v) is 6.46. The highest BCUT2D eigenvalue weighted by Crippen LogP contribution is 2.37. The van der Waals surface area contributed by atoms with Crippen LogP contribution >= 0.6 is 0 Å². The Hall–Kier alpha value is -2.18. The number of amides is 1. The van der Waals surface area contributed by atoms with E-state index in [1.165, 1.54) is 6.39 Å². The Kier molecular flexibility index (Phi) is 4.43. The van der Waals surface area contributed by atoms with Crippen LogP contribution in [0, 0.1) is 6.92 Å². The normalized spacial score (nSPS) is 24.4. The van der Waals surface area contributed by atoms with E-state index in [2.05, 4.69) is 9.88 Å². The third-order valence-corrected chi connectivity index (χ3v) is 5.01. The highest BCUT2D eigenvalue weighted by Gasteiger charge is 2.46. The van der Waals surface area contributed by atoms with Crippen LogP contribution in [-0.4, -0.2) is 59.1 Å². The minimum Gasteiger partial charge on any atom is -0.448 e. The SMILES string of the molecule is Cc1ocnc1C(=O)N1CC[C@@](c2ccccc2)(N(C)C)[C@H](O)C1. The summed E-state index contributed by atoms with van der Waals surface area (Å²) in [4.78, 5) is 20.3. The quantitative estimate of drug-likeness (QED) is 0.927. The predicted molar refractivity (Wildman–Crippen MR) is 89.6 cm³/mol. The summed E-state index contributed by atoms with van der Waals surface area (Å²) in [6, 6.07) is 9.98. The van der Waals surface area contributed by atoms with Crippen molar-refractivity contribution in [1.29, 1.82) is 0 Å². The summed E-state index contributed by atoms with van der Waals surface area (Å²) in [5.41, 5.74) is 0.878. The Morgan fingerprint density at radius 1 is 1.38 bits per heavy atom. The average Bonchev–Trinajstić information content (AvgIpc) is 3.00. The van der Waals surface area contributed by atoms with E-state index < -0.39 is 11.6 Å². The number of aliphatic hydroxyl groups is 1. The standard InChI is InChI=1S/C18H23N3O3/c1-13-16(19-12-24-13)17(23)21-10-9-18(20(2)3,15(22)11-21)14-7-5-4-6-8-14/h4-8,12,15,22H,9-11H2,1-3H3/t15-,18+/m1/s1. The van der Waals surface area contributed by atoms with Crippen molar-refractivity contribution < 1.29 is 14.3 Å². The molecule has 1 aromatic carbocycles. The van der Waals surface area contributed by atoms with Gasteiger partial charge in [0.15, 0.2) is 12.1 Å². The molecule has 0 bridgehead atoms. The van der Waals surface area contributed by atoms with Gasteiger partial charge in [-0.2, -0.15) is 0 Å². The molecule has 0 aliphatic carbocycles. The number of piperidine rings is 1. The monoisotopic (exact) mass is 329 g/mol. The van der Waals surface area contributed by atoms with E-state index in [0.717, 1.165) is 5.56 Å². The first kappa shape index (κ1) is 16.7. The average molecular weight is 329 g/mol. The van der Waals surface area contributed by atoms with Crippen molar-refractivity contribution >= 4 is 5.91 Å². The number of likely N-dealkylation sites (N-methyl/N-ethyl adjacent to an activating group) is 1. The Balaban J connectivity index is 1.86. The molecule has 1 aliphatic rings. The number of hydrogen-bond donors (Lipinski definition) is 1. The van der Waals surface area contributed by atoms with Crippen molar-refractivity contribution in [2.45, 2.75) is 25.0 Å². The zero-order chi connectivity index (χ0) is 17.3. The van der Waals surface area contributed by atoms with E-state index in [-0.39, 0.29) is 12.5 Å². The molecular formula is C18H23N3O3. The van der Waals surface area contributed by atoms with E-state index in [0.29, 0.717) is 24.4 Å². The molecule has 1 N–H and O–H groups in total. The summed E-state index contributed by atoms with van der Waals surface area (Å²) in [7, 11) is 3.94. The summed E-state index contributed by atoms with van der Waals surface area (Å²) in [5.74, 6) is 0.308. The number of benzene rings is 1. The van der Waals surface area contributed by atoms with Gasteiger partial charge in [-0.3, -0.25) is 9.69 Å². The van der Waals surface area contributed by atoms with Crippen LogP contribution in [0.25, 0.3) is 0 Å². The third kappa shape index (κ3) is 2.61. The van der Waals surface area contributed by atoms with Gasteiger partial charge in [-0.25, -0.2) is 4.98 Å². The molecule has 1 amide bonds. The molecule has 1 aromatic heterocycles. The van der Waals surface area contributed by atoms with Gasteiger partial charge in [0.05, 0.1) is 11.6 Å². The van der Waals surface area contributed by atoms with Crippen LogP contribution < -0.4 is 0 Å². The van der Waals surface area contributed by atoms with Crippen molar-refractivity contribution in [1.82, 2.24) is 14.8 Å². The summed E-state index contributed by atoms with van der Waals surface area (Å²) in [6.07, 6.45) is 1.23. The first-order valence-electron chi connectivity index (χ1n) is 8.07. The van der Waals surface area contributed by atoms with Gasteiger partial charge in [-0.1, -0.05) is 30.3 Å². The van der Waals surface area contributed by atoms with Crippen LogP contribution in [0.5, 0.6) is 0 Å². The number of oxazole rings is 1. The first-order chi connectivity index (χ1) is 11.5. The lowest BCUT2D eigenvalue weighted by atomic mass is 9.77. The zero-order valence-electron chi connectivity index (χ0n) is 14.3.